The van der Waals surface area contributed by atoms with Crippen LogP contribution in [0, 0.1) is 0 Å². The molecule has 0 aromatic heterocycles. The molecule has 0 radical (unpaired) electrons. The van der Waals surface area contributed by atoms with Crippen molar-refractivity contribution in [1.29, 1.82) is 0 Å². The summed E-state index contributed by atoms with van der Waals surface area (Å²) in [5, 5.41) is 13.2. The standard InChI is InChI=1S/C20H24N2O2/c1-16-20(19(23)24,21-14-17-8-4-2-5-9-17)12-13-22(16)15-18-10-6-3-7-11-18/h2-11,16,21H,12-15H2,1H3,(H,23,24). The second-order valence-corrected chi connectivity index (χ2v) is 6.50. The molecule has 0 saturated carbocycles. The quantitative estimate of drug-likeness (QED) is 0.858. The van der Waals surface area contributed by atoms with Gasteiger partial charge >= 0.3 is 5.97 Å². The third-order valence-corrected chi connectivity index (χ3v) is 5.12. The molecule has 1 aliphatic heterocycles. The Labute approximate surface area is 143 Å². The highest BCUT2D eigenvalue weighted by atomic mass is 16.4. The first-order chi connectivity index (χ1) is 11.6. The summed E-state index contributed by atoms with van der Waals surface area (Å²) < 4.78 is 0. The molecule has 2 aromatic rings. The van der Waals surface area contributed by atoms with Crippen LogP contribution in [0.4, 0.5) is 0 Å². The van der Waals surface area contributed by atoms with Gasteiger partial charge in [-0.2, -0.15) is 0 Å². The number of carbonyl (C=O) groups is 1. The van der Waals surface area contributed by atoms with E-state index in [2.05, 4.69) is 22.3 Å². The Morgan fingerprint density at radius 2 is 1.71 bits per heavy atom. The number of nitrogens with one attached hydrogen (secondary N) is 1. The average Bonchev–Trinajstić information content (AvgIpc) is 2.92. The first-order valence-corrected chi connectivity index (χ1v) is 8.42. The summed E-state index contributed by atoms with van der Waals surface area (Å²) in [6.07, 6.45) is 0.614. The molecule has 1 heterocycles. The summed E-state index contributed by atoms with van der Waals surface area (Å²) in [4.78, 5) is 14.3. The molecule has 0 spiro atoms. The van der Waals surface area contributed by atoms with Crippen LogP contribution in [-0.2, 0) is 17.9 Å². The Hall–Kier alpha value is -2.17. The molecule has 2 atom stereocenters. The van der Waals surface area contributed by atoms with Crippen LogP contribution in [0.25, 0.3) is 0 Å². The van der Waals surface area contributed by atoms with Crippen molar-refractivity contribution >= 4 is 5.97 Å². The minimum atomic E-state index is -0.898. The monoisotopic (exact) mass is 324 g/mol. The van der Waals surface area contributed by atoms with Gasteiger partial charge in [-0.05, 0) is 24.5 Å². The van der Waals surface area contributed by atoms with Gasteiger partial charge in [-0.3, -0.25) is 15.0 Å². The molecule has 0 aliphatic carbocycles. The Morgan fingerprint density at radius 3 is 2.29 bits per heavy atom. The van der Waals surface area contributed by atoms with Gasteiger partial charge < -0.3 is 5.11 Å². The van der Waals surface area contributed by atoms with Gasteiger partial charge in [0, 0.05) is 25.7 Å². The molecule has 2 unspecified atom stereocenters. The van der Waals surface area contributed by atoms with Crippen LogP contribution in [-0.4, -0.2) is 34.1 Å². The summed E-state index contributed by atoms with van der Waals surface area (Å²) in [5.41, 5.74) is 1.42. The van der Waals surface area contributed by atoms with Crippen LogP contribution in [0.2, 0.25) is 0 Å². The zero-order chi connectivity index (χ0) is 17.0. The normalized spacial score (nSPS) is 24.1. The second kappa shape index (κ2) is 7.16. The SMILES string of the molecule is CC1N(Cc2ccccc2)CCC1(NCc1ccccc1)C(=O)O. The van der Waals surface area contributed by atoms with Crippen LogP contribution in [0.3, 0.4) is 0 Å². The van der Waals surface area contributed by atoms with Gasteiger partial charge in [0.2, 0.25) is 0 Å². The van der Waals surface area contributed by atoms with E-state index in [1.807, 2.05) is 55.5 Å². The van der Waals surface area contributed by atoms with Gasteiger partial charge in [0.25, 0.3) is 0 Å². The summed E-state index contributed by atoms with van der Waals surface area (Å²) in [7, 11) is 0. The van der Waals surface area contributed by atoms with Crippen molar-refractivity contribution in [3.63, 3.8) is 0 Å². The average molecular weight is 324 g/mol. The van der Waals surface area contributed by atoms with Gasteiger partial charge in [-0.1, -0.05) is 60.7 Å². The van der Waals surface area contributed by atoms with Crippen molar-refractivity contribution in [2.24, 2.45) is 0 Å². The summed E-state index contributed by atoms with van der Waals surface area (Å²) in [6, 6.07) is 20.1. The molecule has 4 heteroatoms. The minimum absolute atomic E-state index is 0.0704. The fourth-order valence-corrected chi connectivity index (χ4v) is 3.52. The molecule has 24 heavy (non-hydrogen) atoms. The smallest absolute Gasteiger partial charge is 0.325 e. The number of nitrogens with zero attached hydrogens (tertiary/aromatic N) is 1. The van der Waals surface area contributed by atoms with E-state index >= 15 is 0 Å². The largest absolute Gasteiger partial charge is 0.480 e. The molecule has 2 N–H and O–H groups in total. The number of aliphatic carboxylic acids is 1. The van der Waals surface area contributed by atoms with E-state index in [9.17, 15) is 9.90 Å². The van der Waals surface area contributed by atoms with Crippen molar-refractivity contribution in [2.75, 3.05) is 6.54 Å². The molecular weight excluding hydrogens is 300 g/mol. The molecule has 1 saturated heterocycles. The maximum atomic E-state index is 12.1. The molecular formula is C20H24N2O2. The fourth-order valence-electron chi connectivity index (χ4n) is 3.52. The summed E-state index contributed by atoms with van der Waals surface area (Å²) >= 11 is 0. The highest BCUT2D eigenvalue weighted by Crippen LogP contribution is 2.30. The number of hydrogen-bond donors (Lipinski definition) is 2. The van der Waals surface area contributed by atoms with Crippen molar-refractivity contribution < 1.29 is 9.90 Å². The number of rotatable bonds is 6. The number of carboxylic acid groups (broad SMARTS) is 1. The Morgan fingerprint density at radius 1 is 1.12 bits per heavy atom. The van der Waals surface area contributed by atoms with Crippen LogP contribution < -0.4 is 5.32 Å². The molecule has 126 valence electrons. The predicted molar refractivity (Wildman–Crippen MR) is 94.6 cm³/mol. The van der Waals surface area contributed by atoms with Gasteiger partial charge in [-0.15, -0.1) is 0 Å². The minimum Gasteiger partial charge on any atom is -0.480 e. The highest BCUT2D eigenvalue weighted by molar-refractivity contribution is 5.80. The Bertz CT molecular complexity index is 675. The van der Waals surface area contributed by atoms with Crippen molar-refractivity contribution in [3.8, 4) is 0 Å². The molecule has 1 aliphatic rings. The second-order valence-electron chi connectivity index (χ2n) is 6.50. The van der Waals surface area contributed by atoms with E-state index < -0.39 is 11.5 Å². The zero-order valence-corrected chi connectivity index (χ0v) is 14.0. The first kappa shape index (κ1) is 16.7. The lowest BCUT2D eigenvalue weighted by molar-refractivity contribution is -0.146. The summed E-state index contributed by atoms with van der Waals surface area (Å²) in [6.45, 7) is 4.15. The van der Waals surface area contributed by atoms with Crippen molar-refractivity contribution in [2.45, 2.75) is 38.0 Å². The van der Waals surface area contributed by atoms with Crippen LogP contribution in [0.15, 0.2) is 60.7 Å². The number of carboxylic acids is 1. The van der Waals surface area contributed by atoms with Crippen molar-refractivity contribution in [1.82, 2.24) is 10.2 Å². The lowest BCUT2D eigenvalue weighted by Gasteiger charge is -2.33. The van der Waals surface area contributed by atoms with E-state index in [1.165, 1.54) is 5.56 Å². The van der Waals surface area contributed by atoms with Gasteiger partial charge in [-0.25, -0.2) is 0 Å². The number of hydrogen-bond acceptors (Lipinski definition) is 3. The fraction of sp³-hybridized carbons (Fsp3) is 0.350. The third-order valence-electron chi connectivity index (χ3n) is 5.12. The maximum Gasteiger partial charge on any atom is 0.325 e. The van der Waals surface area contributed by atoms with E-state index in [-0.39, 0.29) is 6.04 Å². The zero-order valence-electron chi connectivity index (χ0n) is 14.0. The Kier molecular flexibility index (Phi) is 4.97. The summed E-state index contributed by atoms with van der Waals surface area (Å²) in [5.74, 6) is -0.763. The highest BCUT2D eigenvalue weighted by Gasteiger charge is 2.50. The topological polar surface area (TPSA) is 52.6 Å². The van der Waals surface area contributed by atoms with E-state index in [0.717, 1.165) is 18.7 Å². The lowest BCUT2D eigenvalue weighted by Crippen LogP contribution is -2.58. The van der Waals surface area contributed by atoms with E-state index in [4.69, 9.17) is 0 Å². The van der Waals surface area contributed by atoms with Gasteiger partial charge in [0.1, 0.15) is 5.54 Å². The third kappa shape index (κ3) is 3.35. The number of likely N-dealkylation sites (tertiary alicyclic amines) is 1. The molecule has 1 fully saturated rings. The van der Waals surface area contributed by atoms with E-state index in [1.54, 1.807) is 0 Å². The molecule has 4 nitrogen and oxygen atoms in total. The molecule has 0 amide bonds. The lowest BCUT2D eigenvalue weighted by atomic mass is 9.90. The first-order valence-electron chi connectivity index (χ1n) is 8.42. The molecule has 3 rings (SSSR count). The van der Waals surface area contributed by atoms with Gasteiger partial charge in [0.15, 0.2) is 0 Å². The van der Waals surface area contributed by atoms with Crippen LogP contribution >= 0.6 is 0 Å². The van der Waals surface area contributed by atoms with Gasteiger partial charge in [0.05, 0.1) is 0 Å². The maximum absolute atomic E-state index is 12.1. The Balaban J connectivity index is 1.72. The van der Waals surface area contributed by atoms with Crippen LogP contribution in [0.5, 0.6) is 0 Å². The van der Waals surface area contributed by atoms with Crippen molar-refractivity contribution in [3.05, 3.63) is 71.8 Å². The molecule has 0 bridgehead atoms. The molecule has 2 aromatic carbocycles. The number of benzene rings is 2. The van der Waals surface area contributed by atoms with Crippen LogP contribution in [0.1, 0.15) is 24.5 Å². The predicted octanol–water partition coefficient (Wildman–Crippen LogP) is 2.89. The van der Waals surface area contributed by atoms with E-state index in [0.29, 0.717) is 13.0 Å².